The Morgan fingerprint density at radius 1 is 0.950 bits per heavy atom. The van der Waals surface area contributed by atoms with Crippen molar-refractivity contribution in [2.24, 2.45) is 0 Å². The predicted molar refractivity (Wildman–Crippen MR) is 85.6 cm³/mol. The molecule has 2 heterocycles. The molecule has 0 bridgehead atoms. The summed E-state index contributed by atoms with van der Waals surface area (Å²) in [6, 6.07) is 10.3. The van der Waals surface area contributed by atoms with Crippen LogP contribution in [0.25, 0.3) is 32.6 Å². The number of hydrogen-bond donors (Lipinski definition) is 1. The summed E-state index contributed by atoms with van der Waals surface area (Å²) in [5.41, 5.74) is 4.51. The van der Waals surface area contributed by atoms with E-state index in [0.717, 1.165) is 16.4 Å². The van der Waals surface area contributed by atoms with Crippen molar-refractivity contribution in [1.29, 1.82) is 0 Å². The van der Waals surface area contributed by atoms with Gasteiger partial charge < -0.3 is 4.98 Å². The molecule has 0 spiro atoms. The maximum Gasteiger partial charge on any atom is 0.114 e. The summed E-state index contributed by atoms with van der Waals surface area (Å²) in [7, 11) is 0. The molecule has 0 unspecified atom stereocenters. The second kappa shape index (κ2) is 3.97. The quantitative estimate of drug-likeness (QED) is 0.444. The molecule has 0 atom stereocenters. The molecule has 0 saturated carbocycles. The van der Waals surface area contributed by atoms with Gasteiger partial charge in [0.1, 0.15) is 5.15 Å². The molecule has 3 heteroatoms. The van der Waals surface area contributed by atoms with Crippen molar-refractivity contribution in [2.45, 2.75) is 13.8 Å². The summed E-state index contributed by atoms with van der Waals surface area (Å²) >= 11 is 6.38. The molecule has 0 aliphatic heterocycles. The zero-order valence-electron chi connectivity index (χ0n) is 11.3. The summed E-state index contributed by atoms with van der Waals surface area (Å²) < 4.78 is 0. The summed E-state index contributed by atoms with van der Waals surface area (Å²) in [6.45, 7) is 4.24. The zero-order valence-corrected chi connectivity index (χ0v) is 12.0. The molecular weight excluding hydrogens is 268 g/mol. The van der Waals surface area contributed by atoms with E-state index in [4.69, 9.17) is 16.6 Å². The van der Waals surface area contributed by atoms with Crippen LogP contribution in [0, 0.1) is 13.8 Å². The van der Waals surface area contributed by atoms with Crippen molar-refractivity contribution in [1.82, 2.24) is 9.97 Å². The van der Waals surface area contributed by atoms with E-state index in [-0.39, 0.29) is 0 Å². The SMILES string of the molecule is Cc1c2cc[nH]c(Cl)c2c(C)c2c1nc1ccccc12. The van der Waals surface area contributed by atoms with Crippen LogP contribution < -0.4 is 0 Å². The van der Waals surface area contributed by atoms with Gasteiger partial charge in [0.15, 0.2) is 0 Å². The Kier molecular flexibility index (Phi) is 2.33. The minimum atomic E-state index is 0.690. The van der Waals surface area contributed by atoms with Crippen molar-refractivity contribution < 1.29 is 0 Å². The number of hydrogen-bond acceptors (Lipinski definition) is 1. The van der Waals surface area contributed by atoms with Crippen molar-refractivity contribution in [3.63, 3.8) is 0 Å². The van der Waals surface area contributed by atoms with Crippen molar-refractivity contribution in [3.05, 3.63) is 52.8 Å². The standard InChI is InChI=1S/C17H13ClN2/c1-9-11-7-8-19-17(18)15(11)10(2)14-12-5-3-4-6-13(12)20-16(9)14/h3-8,19H,1-2H3. The van der Waals surface area contributed by atoms with Gasteiger partial charge in [-0.2, -0.15) is 0 Å². The molecule has 0 fully saturated rings. The second-order valence-corrected chi connectivity index (χ2v) is 5.56. The van der Waals surface area contributed by atoms with Gasteiger partial charge in [-0.05, 0) is 42.5 Å². The fourth-order valence-electron chi connectivity index (χ4n) is 3.14. The zero-order chi connectivity index (χ0) is 13.9. The minimum Gasteiger partial charge on any atom is -0.352 e. The molecule has 0 amide bonds. The van der Waals surface area contributed by atoms with Crippen LogP contribution in [-0.4, -0.2) is 9.97 Å². The topological polar surface area (TPSA) is 28.7 Å². The fraction of sp³-hybridized carbons (Fsp3) is 0.118. The van der Waals surface area contributed by atoms with Gasteiger partial charge in [-0.25, -0.2) is 4.98 Å². The lowest BCUT2D eigenvalue weighted by Gasteiger charge is -2.10. The maximum absolute atomic E-state index is 6.38. The maximum atomic E-state index is 6.38. The molecule has 20 heavy (non-hydrogen) atoms. The normalized spacial score (nSPS) is 11.8. The van der Waals surface area contributed by atoms with Crippen LogP contribution in [0.2, 0.25) is 5.15 Å². The van der Waals surface area contributed by atoms with Gasteiger partial charge in [0.05, 0.1) is 11.0 Å². The molecule has 0 aliphatic carbocycles. The van der Waals surface area contributed by atoms with Crippen molar-refractivity contribution in [3.8, 4) is 0 Å². The van der Waals surface area contributed by atoms with Gasteiger partial charge in [0.2, 0.25) is 0 Å². The van der Waals surface area contributed by atoms with Crippen LogP contribution in [0.3, 0.4) is 0 Å². The third kappa shape index (κ3) is 1.37. The number of nitrogens with one attached hydrogen (secondary N) is 1. The fourth-order valence-corrected chi connectivity index (χ4v) is 3.45. The van der Waals surface area contributed by atoms with Crippen LogP contribution >= 0.6 is 11.6 Å². The average molecular weight is 281 g/mol. The number of benzene rings is 2. The molecule has 0 radical (unpaired) electrons. The molecule has 98 valence electrons. The predicted octanol–water partition coefficient (Wildman–Crippen LogP) is 5.14. The smallest absolute Gasteiger partial charge is 0.114 e. The average Bonchev–Trinajstić information content (AvgIpc) is 2.84. The highest BCUT2D eigenvalue weighted by Gasteiger charge is 2.16. The number of aryl methyl sites for hydroxylation is 2. The largest absolute Gasteiger partial charge is 0.352 e. The number of fused-ring (bicyclic) bond motifs is 4. The molecule has 0 saturated heterocycles. The molecule has 1 N–H and O–H groups in total. The summed E-state index contributed by atoms with van der Waals surface area (Å²) in [6.07, 6.45) is 1.88. The highest BCUT2D eigenvalue weighted by atomic mass is 35.5. The molecule has 4 rings (SSSR count). The third-order valence-corrected chi connectivity index (χ3v) is 4.40. The first-order chi connectivity index (χ1) is 9.68. The van der Waals surface area contributed by atoms with Gasteiger partial charge in [0.25, 0.3) is 0 Å². The van der Waals surface area contributed by atoms with Crippen LogP contribution in [0.5, 0.6) is 0 Å². The van der Waals surface area contributed by atoms with Crippen molar-refractivity contribution in [2.75, 3.05) is 0 Å². The van der Waals surface area contributed by atoms with Gasteiger partial charge in [-0.15, -0.1) is 0 Å². The summed E-state index contributed by atoms with van der Waals surface area (Å²) in [4.78, 5) is 7.89. The summed E-state index contributed by atoms with van der Waals surface area (Å²) in [5, 5.41) is 5.37. The van der Waals surface area contributed by atoms with E-state index in [0.29, 0.717) is 5.15 Å². The van der Waals surface area contributed by atoms with Crippen LogP contribution in [0.1, 0.15) is 11.1 Å². The van der Waals surface area contributed by atoms with Gasteiger partial charge in [-0.1, -0.05) is 29.8 Å². The number of nitrogens with zero attached hydrogens (tertiary/aromatic N) is 1. The minimum absolute atomic E-state index is 0.690. The number of para-hydroxylation sites is 1. The summed E-state index contributed by atoms with van der Waals surface area (Å²) in [5.74, 6) is 0. The van der Waals surface area contributed by atoms with E-state index in [1.807, 2.05) is 12.3 Å². The van der Waals surface area contributed by atoms with Crippen LogP contribution in [-0.2, 0) is 0 Å². The molecule has 4 aromatic rings. The van der Waals surface area contributed by atoms with Crippen LogP contribution in [0.4, 0.5) is 0 Å². The van der Waals surface area contributed by atoms with Gasteiger partial charge in [0, 0.05) is 22.4 Å². The molecule has 2 aromatic heterocycles. The first kappa shape index (κ1) is 11.7. The van der Waals surface area contributed by atoms with E-state index in [1.165, 1.54) is 27.3 Å². The van der Waals surface area contributed by atoms with E-state index < -0.39 is 0 Å². The number of H-pyrrole nitrogens is 1. The van der Waals surface area contributed by atoms with E-state index >= 15 is 0 Å². The Morgan fingerprint density at radius 3 is 2.60 bits per heavy atom. The van der Waals surface area contributed by atoms with E-state index in [9.17, 15) is 0 Å². The number of rotatable bonds is 0. The van der Waals surface area contributed by atoms with E-state index in [2.05, 4.69) is 43.1 Å². The lowest BCUT2D eigenvalue weighted by molar-refractivity contribution is 1.35. The molecule has 2 nitrogen and oxygen atoms in total. The monoisotopic (exact) mass is 280 g/mol. The lowest BCUT2D eigenvalue weighted by atomic mass is 9.97. The highest BCUT2D eigenvalue weighted by molar-refractivity contribution is 6.35. The molecule has 0 aliphatic rings. The lowest BCUT2D eigenvalue weighted by Crippen LogP contribution is -1.89. The van der Waals surface area contributed by atoms with E-state index in [1.54, 1.807) is 0 Å². The van der Waals surface area contributed by atoms with Gasteiger partial charge >= 0.3 is 0 Å². The van der Waals surface area contributed by atoms with Crippen LogP contribution in [0.15, 0.2) is 36.5 Å². The Hall–Kier alpha value is -2.06. The third-order valence-electron chi connectivity index (χ3n) is 4.10. The Bertz CT molecular complexity index is 983. The first-order valence-corrected chi connectivity index (χ1v) is 7.00. The number of aromatic nitrogens is 2. The highest BCUT2D eigenvalue weighted by Crippen LogP contribution is 2.38. The van der Waals surface area contributed by atoms with Crippen molar-refractivity contribution >= 4 is 44.2 Å². The number of aromatic amines is 1. The van der Waals surface area contributed by atoms with Gasteiger partial charge in [-0.3, -0.25) is 0 Å². The molecular formula is C17H13ClN2. The molecule has 2 aromatic carbocycles. The second-order valence-electron chi connectivity index (χ2n) is 5.18. The first-order valence-electron chi connectivity index (χ1n) is 6.62. The Labute approximate surface area is 121 Å². The Balaban J connectivity index is 2.40. The Morgan fingerprint density at radius 2 is 1.75 bits per heavy atom. The number of halogens is 1. The number of pyridine rings is 1.